The fourth-order valence-corrected chi connectivity index (χ4v) is 3.51. The average molecular weight is 340 g/mol. The number of nitrogens with zero attached hydrogens (tertiary/aromatic N) is 3. The van der Waals surface area contributed by atoms with Crippen LogP contribution in [-0.2, 0) is 24.2 Å². The smallest absolute Gasteiger partial charge is 0.229 e. The van der Waals surface area contributed by atoms with Crippen molar-refractivity contribution < 1.29 is 14.3 Å². The van der Waals surface area contributed by atoms with Crippen molar-refractivity contribution in [3.8, 4) is 11.5 Å². The topological polar surface area (TPSA) is 90.6 Å². The molecule has 3 heterocycles. The maximum absolute atomic E-state index is 13.0. The van der Waals surface area contributed by atoms with E-state index in [1.165, 1.54) is 0 Å². The number of methoxy groups -OCH3 is 1. The third-order valence-electron chi connectivity index (χ3n) is 4.80. The van der Waals surface area contributed by atoms with Gasteiger partial charge in [-0.3, -0.25) is 4.79 Å². The van der Waals surface area contributed by atoms with E-state index in [1.54, 1.807) is 13.2 Å². The number of rotatable bonds is 2. The molecule has 1 amide bonds. The number of benzene rings is 1. The number of nitrogen functional groups attached to an aromatic ring is 1. The minimum absolute atomic E-state index is 0.106. The molecular weight excluding hydrogens is 320 g/mol. The number of hydrogen-bond acceptors (Lipinski definition) is 6. The fraction of sp³-hybridized carbons (Fsp3) is 0.389. The summed E-state index contributed by atoms with van der Waals surface area (Å²) in [5, 5.41) is 8.01. The van der Waals surface area contributed by atoms with Gasteiger partial charge in [0.15, 0.2) is 11.5 Å². The number of fused-ring (bicyclic) bond motifs is 2. The molecule has 2 aliphatic heterocycles. The van der Waals surface area contributed by atoms with Crippen LogP contribution in [-0.4, -0.2) is 41.3 Å². The number of amides is 1. The van der Waals surface area contributed by atoms with Gasteiger partial charge in [-0.05, 0) is 29.7 Å². The van der Waals surface area contributed by atoms with Crippen LogP contribution in [0.1, 0.15) is 16.8 Å². The summed E-state index contributed by atoms with van der Waals surface area (Å²) in [7, 11) is 1.62. The molecule has 2 aliphatic rings. The van der Waals surface area contributed by atoms with Crippen LogP contribution in [0.25, 0.3) is 0 Å². The highest BCUT2D eigenvalue weighted by atomic mass is 16.5. The highest BCUT2D eigenvalue weighted by Gasteiger charge is 2.32. The maximum Gasteiger partial charge on any atom is 0.229 e. The Labute approximate surface area is 145 Å². The lowest BCUT2D eigenvalue weighted by molar-refractivity contribution is -0.137. The second kappa shape index (κ2) is 6.23. The summed E-state index contributed by atoms with van der Waals surface area (Å²) in [5.74, 6) is 1.77. The highest BCUT2D eigenvalue weighted by molar-refractivity contribution is 5.80. The first-order valence-corrected chi connectivity index (χ1v) is 8.34. The first-order chi connectivity index (χ1) is 12.2. The first kappa shape index (κ1) is 15.7. The first-order valence-electron chi connectivity index (χ1n) is 8.34. The molecule has 2 N–H and O–H groups in total. The molecule has 25 heavy (non-hydrogen) atoms. The summed E-state index contributed by atoms with van der Waals surface area (Å²) in [5.41, 5.74) is 8.63. The lowest BCUT2D eigenvalue weighted by Crippen LogP contribution is -2.43. The van der Waals surface area contributed by atoms with Crippen molar-refractivity contribution in [3.05, 3.63) is 41.1 Å². The van der Waals surface area contributed by atoms with Crippen molar-refractivity contribution >= 4 is 11.7 Å². The van der Waals surface area contributed by atoms with Crippen LogP contribution in [0.15, 0.2) is 24.3 Å². The van der Waals surface area contributed by atoms with Crippen molar-refractivity contribution in [3.63, 3.8) is 0 Å². The minimum atomic E-state index is -0.187. The van der Waals surface area contributed by atoms with E-state index in [0.717, 1.165) is 22.6 Å². The van der Waals surface area contributed by atoms with Gasteiger partial charge in [-0.2, -0.15) is 5.10 Å². The lowest BCUT2D eigenvalue weighted by Gasteiger charge is -2.33. The summed E-state index contributed by atoms with van der Waals surface area (Å²) >= 11 is 0. The molecule has 0 aliphatic carbocycles. The number of hydrogen-bond donors (Lipinski definition) is 1. The van der Waals surface area contributed by atoms with Gasteiger partial charge in [-0.15, -0.1) is 5.10 Å². The van der Waals surface area contributed by atoms with Crippen LogP contribution in [0, 0.1) is 5.92 Å². The predicted octanol–water partition coefficient (Wildman–Crippen LogP) is 1.20. The molecule has 7 heteroatoms. The summed E-state index contributed by atoms with van der Waals surface area (Å²) in [6, 6.07) is 7.58. The zero-order chi connectivity index (χ0) is 17.4. The van der Waals surface area contributed by atoms with Crippen LogP contribution in [0.5, 0.6) is 11.5 Å². The highest BCUT2D eigenvalue weighted by Crippen LogP contribution is 2.36. The van der Waals surface area contributed by atoms with E-state index in [2.05, 4.69) is 10.2 Å². The SMILES string of the molecule is COc1cccc2c1OC[C@H](C(=O)N1CCc3nnc(N)cc3C1)C2. The van der Waals surface area contributed by atoms with E-state index in [-0.39, 0.29) is 11.8 Å². The van der Waals surface area contributed by atoms with Gasteiger partial charge < -0.3 is 20.1 Å². The van der Waals surface area contributed by atoms with Crippen molar-refractivity contribution in [1.29, 1.82) is 0 Å². The van der Waals surface area contributed by atoms with Crippen LogP contribution >= 0.6 is 0 Å². The van der Waals surface area contributed by atoms with Gasteiger partial charge in [-0.1, -0.05) is 12.1 Å². The second-order valence-corrected chi connectivity index (χ2v) is 6.41. The molecule has 1 atom stereocenters. The Morgan fingerprint density at radius 2 is 2.24 bits per heavy atom. The quantitative estimate of drug-likeness (QED) is 0.883. The Balaban J connectivity index is 1.51. The lowest BCUT2D eigenvalue weighted by atomic mass is 9.94. The molecule has 7 nitrogen and oxygen atoms in total. The number of ether oxygens (including phenoxy) is 2. The number of carbonyl (C=O) groups is 1. The number of para-hydroxylation sites is 1. The van der Waals surface area contributed by atoms with Crippen LogP contribution < -0.4 is 15.2 Å². The number of aromatic nitrogens is 2. The van der Waals surface area contributed by atoms with Crippen molar-refractivity contribution in [2.45, 2.75) is 19.4 Å². The molecule has 4 rings (SSSR count). The Kier molecular flexibility index (Phi) is 3.91. The van der Waals surface area contributed by atoms with Crippen molar-refractivity contribution in [1.82, 2.24) is 15.1 Å². The summed E-state index contributed by atoms with van der Waals surface area (Å²) in [6.45, 7) is 1.54. The Bertz CT molecular complexity index is 824. The molecule has 0 unspecified atom stereocenters. The van der Waals surface area contributed by atoms with E-state index < -0.39 is 0 Å². The third-order valence-corrected chi connectivity index (χ3v) is 4.80. The van der Waals surface area contributed by atoms with E-state index in [4.69, 9.17) is 15.2 Å². The zero-order valence-corrected chi connectivity index (χ0v) is 14.1. The molecule has 0 radical (unpaired) electrons. The Morgan fingerprint density at radius 3 is 3.08 bits per heavy atom. The zero-order valence-electron chi connectivity index (χ0n) is 14.1. The summed E-state index contributed by atoms with van der Waals surface area (Å²) in [6.07, 6.45) is 1.36. The summed E-state index contributed by atoms with van der Waals surface area (Å²) < 4.78 is 11.2. The van der Waals surface area contributed by atoms with E-state index in [0.29, 0.717) is 44.1 Å². The maximum atomic E-state index is 13.0. The van der Waals surface area contributed by atoms with Gasteiger partial charge in [0.1, 0.15) is 12.4 Å². The van der Waals surface area contributed by atoms with Gasteiger partial charge in [0.2, 0.25) is 5.91 Å². The standard InChI is InChI=1S/C18H20N4O3/c1-24-15-4-2-3-11-7-13(10-25-17(11)15)18(23)22-6-5-14-12(9-22)8-16(19)21-20-14/h2-4,8,13H,5-7,9-10H2,1H3,(H2,19,21)/t13-/m1/s1. The van der Waals surface area contributed by atoms with E-state index in [9.17, 15) is 4.79 Å². The number of carbonyl (C=O) groups excluding carboxylic acids is 1. The number of nitrogens with two attached hydrogens (primary N) is 1. The van der Waals surface area contributed by atoms with Crippen LogP contribution in [0.3, 0.4) is 0 Å². The minimum Gasteiger partial charge on any atom is -0.493 e. The van der Waals surface area contributed by atoms with Crippen molar-refractivity contribution in [2.24, 2.45) is 5.92 Å². The molecule has 0 saturated carbocycles. The largest absolute Gasteiger partial charge is 0.493 e. The molecule has 130 valence electrons. The van der Waals surface area contributed by atoms with Crippen molar-refractivity contribution in [2.75, 3.05) is 26.0 Å². The van der Waals surface area contributed by atoms with E-state index in [1.807, 2.05) is 23.1 Å². The molecule has 1 aromatic heterocycles. The summed E-state index contributed by atoms with van der Waals surface area (Å²) in [4.78, 5) is 14.8. The monoisotopic (exact) mass is 340 g/mol. The van der Waals surface area contributed by atoms with Crippen LogP contribution in [0.2, 0.25) is 0 Å². The average Bonchev–Trinajstić information content (AvgIpc) is 2.65. The normalized spacial score (nSPS) is 18.8. The van der Waals surface area contributed by atoms with Gasteiger partial charge in [0.25, 0.3) is 0 Å². The predicted molar refractivity (Wildman–Crippen MR) is 91.2 cm³/mol. The Hall–Kier alpha value is -2.83. The molecular formula is C18H20N4O3. The van der Waals surface area contributed by atoms with Gasteiger partial charge in [0, 0.05) is 19.5 Å². The molecule has 1 aromatic carbocycles. The third kappa shape index (κ3) is 2.86. The molecule has 0 bridgehead atoms. The number of anilines is 1. The molecule has 0 spiro atoms. The Morgan fingerprint density at radius 1 is 1.36 bits per heavy atom. The second-order valence-electron chi connectivity index (χ2n) is 6.41. The molecule has 0 fully saturated rings. The van der Waals surface area contributed by atoms with Crippen LogP contribution in [0.4, 0.5) is 5.82 Å². The van der Waals surface area contributed by atoms with Gasteiger partial charge in [-0.25, -0.2) is 0 Å². The van der Waals surface area contributed by atoms with Gasteiger partial charge in [0.05, 0.1) is 18.7 Å². The molecule has 2 aromatic rings. The van der Waals surface area contributed by atoms with Gasteiger partial charge >= 0.3 is 0 Å². The van der Waals surface area contributed by atoms with E-state index >= 15 is 0 Å². The molecule has 0 saturated heterocycles. The fourth-order valence-electron chi connectivity index (χ4n) is 3.51.